The number of nitrogens with zero attached hydrogens (tertiary/aromatic N) is 2. The zero-order chi connectivity index (χ0) is 19.0. The fraction of sp³-hybridized carbons (Fsp3) is 0.556. The second-order valence-electron chi connectivity index (χ2n) is 7.38. The summed E-state index contributed by atoms with van der Waals surface area (Å²) in [5.41, 5.74) is 0.618. The molecule has 0 aromatic heterocycles. The van der Waals surface area contributed by atoms with Crippen molar-refractivity contribution in [1.82, 2.24) is 14.5 Å². The molecule has 3 aliphatic rings. The number of benzene rings is 1. The lowest BCUT2D eigenvalue weighted by Gasteiger charge is -2.39. The first-order valence-electron chi connectivity index (χ1n) is 9.37. The smallest absolute Gasteiger partial charge is 0.244 e. The Morgan fingerprint density at radius 3 is 2.59 bits per heavy atom. The number of hydrogen-bond donors (Lipinski definition) is 2. The molecule has 3 aliphatic heterocycles. The van der Waals surface area contributed by atoms with Gasteiger partial charge in [-0.3, -0.25) is 9.59 Å². The zero-order valence-corrected chi connectivity index (χ0v) is 15.9. The predicted octanol–water partition coefficient (Wildman–Crippen LogP) is 0.578. The van der Waals surface area contributed by atoms with Crippen molar-refractivity contribution >= 4 is 27.5 Å². The fourth-order valence-corrected chi connectivity index (χ4v) is 5.47. The summed E-state index contributed by atoms with van der Waals surface area (Å²) in [6.45, 7) is 1.97. The van der Waals surface area contributed by atoms with Gasteiger partial charge in [0.2, 0.25) is 21.8 Å². The lowest BCUT2D eigenvalue weighted by atomic mass is 9.93. The molecule has 8 nitrogen and oxygen atoms in total. The quantitative estimate of drug-likeness (QED) is 0.784. The van der Waals surface area contributed by atoms with Gasteiger partial charge in [-0.2, -0.15) is 4.72 Å². The Hall–Kier alpha value is -2.13. The summed E-state index contributed by atoms with van der Waals surface area (Å²) in [6.07, 6.45) is 2.40. The molecule has 146 valence electrons. The zero-order valence-electron chi connectivity index (χ0n) is 15.1. The molecular weight excluding hydrogens is 368 g/mol. The molecule has 1 unspecified atom stereocenters. The highest BCUT2D eigenvalue weighted by Gasteiger charge is 2.36. The summed E-state index contributed by atoms with van der Waals surface area (Å²) in [5.74, 6) is 0.134. The molecule has 0 bridgehead atoms. The van der Waals surface area contributed by atoms with Gasteiger partial charge in [0.15, 0.2) is 0 Å². The van der Waals surface area contributed by atoms with E-state index in [2.05, 4.69) is 10.0 Å². The Kier molecular flexibility index (Phi) is 4.81. The minimum atomic E-state index is -3.53. The van der Waals surface area contributed by atoms with E-state index >= 15 is 0 Å². The van der Waals surface area contributed by atoms with Crippen LogP contribution in [0.5, 0.6) is 0 Å². The number of rotatable bonds is 3. The molecule has 9 heteroatoms. The molecule has 2 N–H and O–H groups in total. The number of para-hydroxylation sites is 1. The van der Waals surface area contributed by atoms with E-state index < -0.39 is 10.0 Å². The number of carbonyl (C=O) groups excluding carboxylic acids is 2. The van der Waals surface area contributed by atoms with E-state index in [0.29, 0.717) is 44.6 Å². The van der Waals surface area contributed by atoms with Crippen molar-refractivity contribution in [2.45, 2.75) is 36.7 Å². The summed E-state index contributed by atoms with van der Waals surface area (Å²) in [6, 6.07) is 6.87. The minimum Gasteiger partial charge on any atom is -0.368 e. The van der Waals surface area contributed by atoms with Crippen molar-refractivity contribution in [3.63, 3.8) is 0 Å². The first kappa shape index (κ1) is 18.2. The lowest BCUT2D eigenvalue weighted by molar-refractivity contribution is -0.139. The van der Waals surface area contributed by atoms with Gasteiger partial charge in [-0.1, -0.05) is 12.1 Å². The Morgan fingerprint density at radius 2 is 1.89 bits per heavy atom. The van der Waals surface area contributed by atoms with E-state index in [1.54, 1.807) is 28.0 Å². The number of likely N-dealkylation sites (tertiary alicyclic amines) is 2. The standard InChI is InChI=1S/C18H24N4O4S/c23-16-6-3-9-22(16)12-17(24)21-10-7-13(8-11-21)18-19-14-4-1-2-5-15(14)27(25,26)20-18/h1-2,4-5,13,18-20H,3,6-12H2. The van der Waals surface area contributed by atoms with Gasteiger partial charge in [-0.05, 0) is 37.3 Å². The molecule has 1 atom stereocenters. The van der Waals surface area contributed by atoms with Crippen LogP contribution < -0.4 is 10.0 Å². The molecule has 27 heavy (non-hydrogen) atoms. The van der Waals surface area contributed by atoms with Crippen molar-refractivity contribution in [3.05, 3.63) is 24.3 Å². The molecule has 0 aliphatic carbocycles. The number of sulfonamides is 1. The van der Waals surface area contributed by atoms with Crippen LogP contribution in [0.1, 0.15) is 25.7 Å². The maximum atomic E-state index is 12.5. The number of amides is 2. The second kappa shape index (κ2) is 7.12. The molecule has 3 heterocycles. The largest absolute Gasteiger partial charge is 0.368 e. The molecule has 1 aromatic rings. The predicted molar refractivity (Wildman–Crippen MR) is 99.3 cm³/mol. The normalized spacial score (nSPS) is 25.2. The van der Waals surface area contributed by atoms with Gasteiger partial charge in [-0.15, -0.1) is 0 Å². The van der Waals surface area contributed by atoms with Crippen molar-refractivity contribution in [3.8, 4) is 0 Å². The van der Waals surface area contributed by atoms with Crippen LogP contribution in [0, 0.1) is 5.92 Å². The third-order valence-electron chi connectivity index (χ3n) is 5.63. The Morgan fingerprint density at radius 1 is 1.15 bits per heavy atom. The van der Waals surface area contributed by atoms with E-state index in [1.165, 1.54) is 0 Å². The maximum Gasteiger partial charge on any atom is 0.244 e. The van der Waals surface area contributed by atoms with Crippen molar-refractivity contribution in [1.29, 1.82) is 0 Å². The number of nitrogens with one attached hydrogen (secondary N) is 2. The van der Waals surface area contributed by atoms with Crippen molar-refractivity contribution in [2.24, 2.45) is 5.92 Å². The highest BCUT2D eigenvalue weighted by molar-refractivity contribution is 7.89. The third-order valence-corrected chi connectivity index (χ3v) is 7.13. The first-order chi connectivity index (χ1) is 12.9. The molecule has 0 radical (unpaired) electrons. The molecule has 0 saturated carbocycles. The van der Waals surface area contributed by atoms with E-state index in [9.17, 15) is 18.0 Å². The minimum absolute atomic E-state index is 0.0220. The summed E-state index contributed by atoms with van der Waals surface area (Å²) in [7, 11) is -3.53. The van der Waals surface area contributed by atoms with Crippen LogP contribution in [-0.2, 0) is 19.6 Å². The molecule has 2 fully saturated rings. The summed E-state index contributed by atoms with van der Waals surface area (Å²) >= 11 is 0. The van der Waals surface area contributed by atoms with Gasteiger partial charge in [0.05, 0.1) is 18.4 Å². The molecule has 1 aromatic carbocycles. The molecule has 2 saturated heterocycles. The van der Waals surface area contributed by atoms with Gasteiger partial charge in [0.25, 0.3) is 0 Å². The van der Waals surface area contributed by atoms with Crippen molar-refractivity contribution in [2.75, 3.05) is 31.5 Å². The van der Waals surface area contributed by atoms with Crippen molar-refractivity contribution < 1.29 is 18.0 Å². The van der Waals surface area contributed by atoms with E-state index in [1.807, 2.05) is 6.07 Å². The molecule has 4 rings (SSSR count). The fourth-order valence-electron chi connectivity index (χ4n) is 4.08. The number of piperidine rings is 1. The first-order valence-corrected chi connectivity index (χ1v) is 10.9. The van der Waals surface area contributed by atoms with Gasteiger partial charge in [-0.25, -0.2) is 8.42 Å². The number of fused-ring (bicyclic) bond motifs is 1. The topological polar surface area (TPSA) is 98.8 Å². The third kappa shape index (κ3) is 3.66. The van der Waals surface area contributed by atoms with Crippen LogP contribution >= 0.6 is 0 Å². The van der Waals surface area contributed by atoms with Gasteiger partial charge >= 0.3 is 0 Å². The van der Waals surface area contributed by atoms with E-state index in [-0.39, 0.29) is 35.3 Å². The van der Waals surface area contributed by atoms with E-state index in [4.69, 9.17) is 0 Å². The van der Waals surface area contributed by atoms with Gasteiger partial charge < -0.3 is 15.1 Å². The molecule has 2 amide bonds. The highest BCUT2D eigenvalue weighted by Crippen LogP contribution is 2.30. The summed E-state index contributed by atoms with van der Waals surface area (Å²) < 4.78 is 27.7. The lowest BCUT2D eigenvalue weighted by Crippen LogP contribution is -2.53. The Balaban J connectivity index is 1.36. The van der Waals surface area contributed by atoms with Gasteiger partial charge in [0.1, 0.15) is 4.90 Å². The molecular formula is C18H24N4O4S. The maximum absolute atomic E-state index is 12.5. The average molecular weight is 392 g/mol. The Bertz CT molecular complexity index is 849. The summed E-state index contributed by atoms with van der Waals surface area (Å²) in [4.78, 5) is 27.8. The Labute approximate surface area is 158 Å². The number of anilines is 1. The average Bonchev–Trinajstić information content (AvgIpc) is 3.06. The second-order valence-corrected chi connectivity index (χ2v) is 9.06. The number of carbonyl (C=O) groups is 2. The monoisotopic (exact) mass is 392 g/mol. The van der Waals surface area contributed by atoms with Gasteiger partial charge in [0, 0.05) is 26.1 Å². The van der Waals surface area contributed by atoms with E-state index in [0.717, 1.165) is 6.42 Å². The number of hydrogen-bond acceptors (Lipinski definition) is 5. The SMILES string of the molecule is O=C(CN1CCCC1=O)N1CCC(C2Nc3ccccc3S(=O)(=O)N2)CC1. The van der Waals surface area contributed by atoms with Crippen LogP contribution in [0.3, 0.4) is 0 Å². The van der Waals surface area contributed by atoms with Crippen LogP contribution in [0.2, 0.25) is 0 Å². The van der Waals surface area contributed by atoms with Crippen LogP contribution in [-0.4, -0.2) is 62.4 Å². The van der Waals surface area contributed by atoms with Crippen LogP contribution in [0.25, 0.3) is 0 Å². The van der Waals surface area contributed by atoms with Crippen LogP contribution in [0.15, 0.2) is 29.2 Å². The highest BCUT2D eigenvalue weighted by atomic mass is 32.2. The molecule has 0 spiro atoms. The summed E-state index contributed by atoms with van der Waals surface area (Å²) in [5, 5.41) is 3.28. The van der Waals surface area contributed by atoms with Crippen LogP contribution in [0.4, 0.5) is 5.69 Å².